The lowest BCUT2D eigenvalue weighted by molar-refractivity contribution is -0.138. The lowest BCUT2D eigenvalue weighted by atomic mass is 9.84. The minimum atomic E-state index is -0.864. The van der Waals surface area contributed by atoms with Gasteiger partial charge in [-0.05, 0) is 31.2 Å². The van der Waals surface area contributed by atoms with E-state index in [0.717, 1.165) is 12.8 Å². The van der Waals surface area contributed by atoms with E-state index in [1.54, 1.807) is 16.8 Å². The normalized spacial score (nSPS) is 19.8. The molecule has 0 spiro atoms. The van der Waals surface area contributed by atoms with E-state index in [0.29, 0.717) is 44.1 Å². The Morgan fingerprint density at radius 1 is 1.40 bits per heavy atom. The molecular formula is C18H35N3O4. The molecule has 1 rings (SSSR count). The summed E-state index contributed by atoms with van der Waals surface area (Å²) in [5, 5.41) is 11.8. The second-order valence-corrected chi connectivity index (χ2v) is 8.42. The molecule has 0 saturated carbocycles. The number of carboxylic acid groups (broad SMARTS) is 1. The molecule has 2 unspecified atom stereocenters. The lowest BCUT2D eigenvalue weighted by Gasteiger charge is -2.34. The molecule has 7 heteroatoms. The Labute approximate surface area is 151 Å². The van der Waals surface area contributed by atoms with Gasteiger partial charge in [-0.25, -0.2) is 4.79 Å². The summed E-state index contributed by atoms with van der Waals surface area (Å²) in [6.45, 7) is 11.6. The number of amides is 2. The van der Waals surface area contributed by atoms with Gasteiger partial charge in [0.1, 0.15) is 0 Å². The van der Waals surface area contributed by atoms with Crippen LogP contribution in [0.25, 0.3) is 0 Å². The molecule has 0 bridgehead atoms. The molecule has 1 fully saturated rings. The minimum Gasteiger partial charge on any atom is -0.480 e. The maximum absolute atomic E-state index is 12.3. The third-order valence-electron chi connectivity index (χ3n) is 4.22. The van der Waals surface area contributed by atoms with Crippen molar-refractivity contribution in [2.75, 3.05) is 46.4 Å². The quantitative estimate of drug-likeness (QED) is 0.693. The van der Waals surface area contributed by atoms with Crippen LogP contribution in [-0.4, -0.2) is 79.4 Å². The van der Waals surface area contributed by atoms with Crippen LogP contribution in [0.3, 0.4) is 0 Å². The average molecular weight is 357 g/mol. The number of likely N-dealkylation sites (N-methyl/N-ethyl adjacent to an activating group) is 1. The van der Waals surface area contributed by atoms with Gasteiger partial charge in [-0.3, -0.25) is 9.69 Å². The first-order valence-electron chi connectivity index (χ1n) is 9.11. The molecule has 0 radical (unpaired) electrons. The molecule has 0 aromatic heterocycles. The number of urea groups is 1. The number of hydrogen-bond acceptors (Lipinski definition) is 4. The number of carbonyl (C=O) groups is 2. The SMILES string of the molecule is CC(CCNC(=O)N1CCOC(CN(C)CC(=O)O)C1)CC(C)(C)C. The number of aliphatic carboxylic acids is 1. The summed E-state index contributed by atoms with van der Waals surface area (Å²) in [5.41, 5.74) is 0.308. The molecule has 1 aliphatic heterocycles. The van der Waals surface area contributed by atoms with Crippen LogP contribution in [0, 0.1) is 11.3 Å². The van der Waals surface area contributed by atoms with Crippen LogP contribution in [-0.2, 0) is 9.53 Å². The van der Waals surface area contributed by atoms with E-state index < -0.39 is 5.97 Å². The third-order valence-corrected chi connectivity index (χ3v) is 4.22. The van der Waals surface area contributed by atoms with Gasteiger partial charge in [0.2, 0.25) is 0 Å². The summed E-state index contributed by atoms with van der Waals surface area (Å²) in [6.07, 6.45) is 1.96. The number of ether oxygens (including phenoxy) is 1. The Hall–Kier alpha value is -1.34. The molecule has 0 aromatic rings. The van der Waals surface area contributed by atoms with E-state index >= 15 is 0 Å². The number of rotatable bonds is 8. The van der Waals surface area contributed by atoms with Crippen LogP contribution in [0.1, 0.15) is 40.5 Å². The molecule has 0 aromatic carbocycles. The zero-order valence-electron chi connectivity index (χ0n) is 16.4. The summed E-state index contributed by atoms with van der Waals surface area (Å²) in [5.74, 6) is -0.292. The van der Waals surface area contributed by atoms with Crippen molar-refractivity contribution in [3.05, 3.63) is 0 Å². The third kappa shape index (κ3) is 9.65. The number of carboxylic acids is 1. The van der Waals surface area contributed by atoms with Crippen molar-refractivity contribution in [1.82, 2.24) is 15.1 Å². The Balaban J connectivity index is 2.32. The second-order valence-electron chi connectivity index (χ2n) is 8.42. The van der Waals surface area contributed by atoms with E-state index in [4.69, 9.17) is 9.84 Å². The molecule has 146 valence electrons. The van der Waals surface area contributed by atoms with E-state index in [2.05, 4.69) is 33.0 Å². The van der Waals surface area contributed by atoms with E-state index in [1.807, 2.05) is 0 Å². The van der Waals surface area contributed by atoms with Crippen LogP contribution < -0.4 is 5.32 Å². The van der Waals surface area contributed by atoms with Crippen molar-refractivity contribution in [3.63, 3.8) is 0 Å². The molecule has 1 heterocycles. The predicted molar refractivity (Wildman–Crippen MR) is 97.7 cm³/mol. The highest BCUT2D eigenvalue weighted by Gasteiger charge is 2.25. The van der Waals surface area contributed by atoms with E-state index in [-0.39, 0.29) is 18.7 Å². The summed E-state index contributed by atoms with van der Waals surface area (Å²) in [7, 11) is 1.74. The summed E-state index contributed by atoms with van der Waals surface area (Å²) in [6, 6.07) is -0.0582. The van der Waals surface area contributed by atoms with Gasteiger partial charge in [-0.1, -0.05) is 27.7 Å². The largest absolute Gasteiger partial charge is 0.480 e. The van der Waals surface area contributed by atoms with Crippen LogP contribution in [0.2, 0.25) is 0 Å². The fourth-order valence-electron chi connectivity index (χ4n) is 3.34. The molecule has 2 N–H and O–H groups in total. The van der Waals surface area contributed by atoms with E-state index in [9.17, 15) is 9.59 Å². The monoisotopic (exact) mass is 357 g/mol. The van der Waals surface area contributed by atoms with Gasteiger partial charge in [0.15, 0.2) is 0 Å². The van der Waals surface area contributed by atoms with Gasteiger partial charge in [0, 0.05) is 26.2 Å². The van der Waals surface area contributed by atoms with Crippen molar-refractivity contribution in [2.24, 2.45) is 11.3 Å². The number of hydrogen-bond donors (Lipinski definition) is 2. The van der Waals surface area contributed by atoms with Gasteiger partial charge in [0.05, 0.1) is 19.3 Å². The van der Waals surface area contributed by atoms with Crippen LogP contribution in [0.4, 0.5) is 4.79 Å². The van der Waals surface area contributed by atoms with Crippen molar-refractivity contribution in [2.45, 2.75) is 46.6 Å². The summed E-state index contributed by atoms with van der Waals surface area (Å²) < 4.78 is 5.65. The van der Waals surface area contributed by atoms with Crippen molar-refractivity contribution in [1.29, 1.82) is 0 Å². The zero-order valence-corrected chi connectivity index (χ0v) is 16.4. The summed E-state index contributed by atoms with van der Waals surface area (Å²) in [4.78, 5) is 26.5. The van der Waals surface area contributed by atoms with Gasteiger partial charge in [-0.15, -0.1) is 0 Å². The van der Waals surface area contributed by atoms with Crippen LogP contribution in [0.5, 0.6) is 0 Å². The first-order valence-corrected chi connectivity index (χ1v) is 9.11. The molecule has 25 heavy (non-hydrogen) atoms. The fraction of sp³-hybridized carbons (Fsp3) is 0.889. The van der Waals surface area contributed by atoms with Gasteiger partial charge >= 0.3 is 12.0 Å². The minimum absolute atomic E-state index is 0.0300. The molecule has 1 aliphatic rings. The smallest absolute Gasteiger partial charge is 0.317 e. The predicted octanol–water partition coefficient (Wildman–Crippen LogP) is 1.88. The fourth-order valence-corrected chi connectivity index (χ4v) is 3.34. The number of carbonyl (C=O) groups excluding carboxylic acids is 1. The first-order chi connectivity index (χ1) is 11.6. The number of nitrogens with zero attached hydrogens (tertiary/aromatic N) is 2. The van der Waals surface area contributed by atoms with Crippen LogP contribution in [0.15, 0.2) is 0 Å². The van der Waals surface area contributed by atoms with Crippen molar-refractivity contribution < 1.29 is 19.4 Å². The molecule has 1 saturated heterocycles. The maximum atomic E-state index is 12.3. The Kier molecular flexibility index (Phi) is 8.65. The van der Waals surface area contributed by atoms with Crippen molar-refractivity contribution >= 4 is 12.0 Å². The van der Waals surface area contributed by atoms with Gasteiger partial charge < -0.3 is 20.1 Å². The summed E-state index contributed by atoms with van der Waals surface area (Å²) >= 11 is 0. The molecule has 2 atom stereocenters. The molecule has 0 aliphatic carbocycles. The number of nitrogens with one attached hydrogen (secondary N) is 1. The topological polar surface area (TPSA) is 82.1 Å². The molecule has 2 amide bonds. The highest BCUT2D eigenvalue weighted by Crippen LogP contribution is 2.25. The standard InChI is InChI=1S/C18H35N3O4/c1-14(10-18(2,3)4)6-7-19-17(24)21-8-9-25-15(12-21)11-20(5)13-16(22)23/h14-15H,6-13H2,1-5H3,(H,19,24)(H,22,23). The lowest BCUT2D eigenvalue weighted by Crippen LogP contribution is -2.52. The van der Waals surface area contributed by atoms with Gasteiger partial charge in [0.25, 0.3) is 0 Å². The molecular weight excluding hydrogens is 322 g/mol. The Morgan fingerprint density at radius 2 is 2.08 bits per heavy atom. The maximum Gasteiger partial charge on any atom is 0.317 e. The van der Waals surface area contributed by atoms with Gasteiger partial charge in [-0.2, -0.15) is 0 Å². The average Bonchev–Trinajstić information content (AvgIpc) is 2.44. The highest BCUT2D eigenvalue weighted by molar-refractivity contribution is 5.74. The zero-order chi connectivity index (χ0) is 19.0. The first kappa shape index (κ1) is 21.7. The number of morpholine rings is 1. The van der Waals surface area contributed by atoms with Crippen LogP contribution >= 0.6 is 0 Å². The Bertz CT molecular complexity index is 437. The molecule has 7 nitrogen and oxygen atoms in total. The van der Waals surface area contributed by atoms with Crippen molar-refractivity contribution in [3.8, 4) is 0 Å². The second kappa shape index (κ2) is 9.97. The Morgan fingerprint density at radius 3 is 2.68 bits per heavy atom. The van der Waals surface area contributed by atoms with E-state index in [1.165, 1.54) is 0 Å². The highest BCUT2D eigenvalue weighted by atomic mass is 16.5.